The molecule has 8 nitrogen and oxygen atoms in total. The van der Waals surface area contributed by atoms with Gasteiger partial charge in [-0.2, -0.15) is 9.65 Å². The van der Waals surface area contributed by atoms with Crippen molar-refractivity contribution in [1.29, 1.82) is 5.26 Å². The summed E-state index contributed by atoms with van der Waals surface area (Å²) in [6.45, 7) is 2.54. The highest BCUT2D eigenvalue weighted by atomic mass is 32.2. The van der Waals surface area contributed by atoms with Gasteiger partial charge in [0.2, 0.25) is 5.95 Å². The minimum Gasteiger partial charge on any atom is -0.384 e. The first-order chi connectivity index (χ1) is 16.6. The van der Waals surface area contributed by atoms with Gasteiger partial charge in [0.15, 0.2) is 0 Å². The van der Waals surface area contributed by atoms with Crippen LogP contribution in [0, 0.1) is 29.0 Å². The van der Waals surface area contributed by atoms with E-state index in [0.29, 0.717) is 19.5 Å². The van der Waals surface area contributed by atoms with Crippen molar-refractivity contribution in [3.8, 4) is 6.07 Å². The molecule has 1 aromatic heterocycles. The van der Waals surface area contributed by atoms with E-state index in [1.807, 2.05) is 42.0 Å². The van der Waals surface area contributed by atoms with Crippen LogP contribution in [0.15, 0.2) is 59.5 Å². The normalized spacial score (nSPS) is 13.0. The minimum atomic E-state index is -4.47. The van der Waals surface area contributed by atoms with E-state index in [2.05, 4.69) is 10.3 Å². The first kappa shape index (κ1) is 26.0. The van der Waals surface area contributed by atoms with Crippen molar-refractivity contribution < 1.29 is 17.2 Å². The zero-order valence-electron chi connectivity index (χ0n) is 19.0. The number of nitrogens with two attached hydrogens (primary N) is 2. The fourth-order valence-corrected chi connectivity index (χ4v) is 4.67. The molecular weight excluding hydrogens is 474 g/mol. The van der Waals surface area contributed by atoms with Crippen LogP contribution in [-0.2, 0) is 23.0 Å². The Bertz CT molecular complexity index is 1340. The van der Waals surface area contributed by atoms with Crippen LogP contribution < -0.4 is 21.5 Å². The minimum absolute atomic E-state index is 0.0789. The number of nitriles is 1. The third-order valence-electron chi connectivity index (χ3n) is 5.55. The lowest BCUT2D eigenvalue weighted by atomic mass is 9.91. The molecule has 11 heteroatoms. The van der Waals surface area contributed by atoms with Crippen molar-refractivity contribution in [1.82, 2.24) is 4.98 Å². The summed E-state index contributed by atoms with van der Waals surface area (Å²) in [7, 11) is -4.47. The van der Waals surface area contributed by atoms with Gasteiger partial charge in [-0.3, -0.25) is 4.72 Å². The van der Waals surface area contributed by atoms with Crippen molar-refractivity contribution in [2.24, 2.45) is 17.4 Å². The first-order valence-electron chi connectivity index (χ1n) is 10.8. The lowest BCUT2D eigenvalue weighted by Gasteiger charge is -2.23. The summed E-state index contributed by atoms with van der Waals surface area (Å²) in [6.07, 6.45) is 0.611. The molecule has 2 aromatic carbocycles. The lowest BCUT2D eigenvalue weighted by Crippen LogP contribution is -2.34. The highest BCUT2D eigenvalue weighted by Gasteiger charge is 2.24. The summed E-state index contributed by atoms with van der Waals surface area (Å²) in [5.74, 6) is -2.38. The molecule has 3 rings (SSSR count). The third kappa shape index (κ3) is 6.51. The van der Waals surface area contributed by atoms with Gasteiger partial charge in [-0.25, -0.2) is 17.8 Å². The predicted octanol–water partition coefficient (Wildman–Crippen LogP) is 3.11. The molecule has 0 fully saturated rings. The molecule has 0 spiro atoms. The zero-order chi connectivity index (χ0) is 25.6. The molecule has 0 saturated carbocycles. The molecule has 0 aliphatic rings. The molecule has 1 heterocycles. The molecule has 35 heavy (non-hydrogen) atoms. The number of nitrogens with one attached hydrogen (secondary N) is 2. The summed E-state index contributed by atoms with van der Waals surface area (Å²) in [5.41, 5.74) is 14.1. The molecular formula is C24H26F2N6O2S. The van der Waals surface area contributed by atoms with Crippen molar-refractivity contribution >= 4 is 21.5 Å². The second-order valence-electron chi connectivity index (χ2n) is 8.07. The fraction of sp³-hybridized carbons (Fsp3) is 0.250. The first-order valence-corrected chi connectivity index (χ1v) is 12.3. The molecule has 6 N–H and O–H groups in total. The van der Waals surface area contributed by atoms with E-state index in [4.69, 9.17) is 11.5 Å². The second kappa shape index (κ2) is 11.2. The van der Waals surface area contributed by atoms with E-state index in [9.17, 15) is 22.5 Å². The Hall–Kier alpha value is -3.59. The maximum Gasteiger partial charge on any atom is 0.266 e. The molecule has 184 valence electrons. The summed E-state index contributed by atoms with van der Waals surface area (Å²) in [6, 6.07) is 14.8. The zero-order valence-corrected chi connectivity index (χ0v) is 19.8. The predicted molar refractivity (Wildman–Crippen MR) is 130 cm³/mol. The third-order valence-corrected chi connectivity index (χ3v) is 6.92. The standard InChI is InChI=1S/C24H26F2N6O2S/c1-15(29)19(9-16-5-2-3-6-17(16)12-27)14-30-21-11-20(25)22(10-18(21)13-28)35(33,34)32-24-8-4-7-23(26)31-24/h2-8,10-11,15,19,30H,9,12,14,27,29H2,1H3,(H,31,32)/t15-,19+/m1/s1. The number of anilines is 2. The Kier molecular flexibility index (Phi) is 8.34. The van der Waals surface area contributed by atoms with E-state index in [-0.39, 0.29) is 29.0 Å². The van der Waals surface area contributed by atoms with Gasteiger partial charge < -0.3 is 16.8 Å². The second-order valence-corrected chi connectivity index (χ2v) is 9.72. The van der Waals surface area contributed by atoms with E-state index in [0.717, 1.165) is 29.3 Å². The molecule has 0 saturated heterocycles. The maximum atomic E-state index is 14.9. The Labute approximate surface area is 203 Å². The molecule has 0 bridgehead atoms. The van der Waals surface area contributed by atoms with Crippen LogP contribution in [0.2, 0.25) is 0 Å². The summed E-state index contributed by atoms with van der Waals surface area (Å²) < 4.78 is 55.5. The number of nitrogens with zero attached hydrogens (tertiary/aromatic N) is 2. The monoisotopic (exact) mass is 500 g/mol. The number of pyridine rings is 1. The quantitative estimate of drug-likeness (QED) is 0.313. The Morgan fingerprint density at radius 1 is 1.11 bits per heavy atom. The highest BCUT2D eigenvalue weighted by molar-refractivity contribution is 7.92. The van der Waals surface area contributed by atoms with Gasteiger partial charge >= 0.3 is 0 Å². The van der Waals surface area contributed by atoms with Crippen LogP contribution in [0.25, 0.3) is 0 Å². The van der Waals surface area contributed by atoms with Crippen LogP contribution in [0.5, 0.6) is 0 Å². The van der Waals surface area contributed by atoms with Crippen LogP contribution >= 0.6 is 0 Å². The number of hydrogen-bond donors (Lipinski definition) is 4. The number of rotatable bonds is 10. The van der Waals surface area contributed by atoms with Gasteiger partial charge in [0, 0.05) is 19.1 Å². The summed E-state index contributed by atoms with van der Waals surface area (Å²) in [4.78, 5) is 2.65. The van der Waals surface area contributed by atoms with Crippen LogP contribution in [-0.4, -0.2) is 26.0 Å². The van der Waals surface area contributed by atoms with E-state index < -0.39 is 26.7 Å². The van der Waals surface area contributed by atoms with Crippen LogP contribution in [0.4, 0.5) is 20.3 Å². The van der Waals surface area contributed by atoms with Crippen molar-refractivity contribution in [3.63, 3.8) is 0 Å². The number of sulfonamides is 1. The van der Waals surface area contributed by atoms with E-state index >= 15 is 0 Å². The smallest absolute Gasteiger partial charge is 0.266 e. The maximum absolute atomic E-state index is 14.9. The number of hydrogen-bond acceptors (Lipinski definition) is 7. The van der Waals surface area contributed by atoms with Crippen molar-refractivity contribution in [3.05, 3.63) is 83.1 Å². The number of benzene rings is 2. The SMILES string of the molecule is C[C@@H](N)[C@H](CNc1cc(F)c(S(=O)(=O)Nc2cccc(F)n2)cc1C#N)Cc1ccccc1CN. The molecule has 0 amide bonds. The Morgan fingerprint density at radius 2 is 1.83 bits per heavy atom. The molecule has 3 aromatic rings. The average molecular weight is 501 g/mol. The van der Waals surface area contributed by atoms with E-state index in [1.54, 1.807) is 0 Å². The Morgan fingerprint density at radius 3 is 2.46 bits per heavy atom. The van der Waals surface area contributed by atoms with Gasteiger partial charge in [-0.1, -0.05) is 30.3 Å². The highest BCUT2D eigenvalue weighted by Crippen LogP contribution is 2.26. The van der Waals surface area contributed by atoms with Gasteiger partial charge in [-0.15, -0.1) is 0 Å². The summed E-state index contributed by atoms with van der Waals surface area (Å²) in [5, 5.41) is 12.6. The van der Waals surface area contributed by atoms with Gasteiger partial charge in [-0.05, 0) is 54.7 Å². The molecule has 0 radical (unpaired) electrons. The van der Waals surface area contributed by atoms with Crippen molar-refractivity contribution in [2.45, 2.75) is 30.8 Å². The summed E-state index contributed by atoms with van der Waals surface area (Å²) >= 11 is 0. The molecule has 0 unspecified atom stereocenters. The van der Waals surface area contributed by atoms with Crippen LogP contribution in [0.1, 0.15) is 23.6 Å². The Balaban J connectivity index is 1.82. The molecule has 0 aliphatic carbocycles. The van der Waals surface area contributed by atoms with Gasteiger partial charge in [0.1, 0.15) is 22.6 Å². The lowest BCUT2D eigenvalue weighted by molar-refractivity contribution is 0.461. The van der Waals surface area contributed by atoms with Crippen LogP contribution in [0.3, 0.4) is 0 Å². The average Bonchev–Trinajstić information content (AvgIpc) is 2.81. The van der Waals surface area contributed by atoms with E-state index in [1.165, 1.54) is 12.1 Å². The number of halogens is 2. The fourth-order valence-electron chi connectivity index (χ4n) is 3.58. The molecule has 2 atom stereocenters. The van der Waals surface area contributed by atoms with Gasteiger partial charge in [0.05, 0.1) is 11.3 Å². The topological polar surface area (TPSA) is 147 Å². The largest absolute Gasteiger partial charge is 0.384 e. The molecule has 0 aliphatic heterocycles. The number of aromatic nitrogens is 1. The van der Waals surface area contributed by atoms with Crippen molar-refractivity contribution in [2.75, 3.05) is 16.6 Å². The van der Waals surface area contributed by atoms with Gasteiger partial charge in [0.25, 0.3) is 10.0 Å².